The quantitative estimate of drug-likeness (QED) is 0.667. The van der Waals surface area contributed by atoms with Crippen molar-refractivity contribution in [3.05, 3.63) is 71.8 Å². The van der Waals surface area contributed by atoms with Gasteiger partial charge in [-0.15, -0.1) is 0 Å². The molecule has 0 aromatic heterocycles. The Morgan fingerprint density at radius 1 is 0.750 bits per heavy atom. The maximum Gasteiger partial charge on any atom is 0.0629 e. The molecule has 2 rings (SSSR count). The van der Waals surface area contributed by atoms with Crippen molar-refractivity contribution >= 4 is 0 Å². The van der Waals surface area contributed by atoms with Gasteiger partial charge in [0.15, 0.2) is 0 Å². The number of hydrogen-bond donors (Lipinski definition) is 2. The van der Waals surface area contributed by atoms with E-state index in [9.17, 15) is 0 Å². The third kappa shape index (κ3) is 7.26. The molecule has 3 nitrogen and oxygen atoms in total. The zero-order valence-electron chi connectivity index (χ0n) is 14.4. The summed E-state index contributed by atoms with van der Waals surface area (Å²) in [5, 5.41) is 0. The van der Waals surface area contributed by atoms with Crippen LogP contribution in [0.25, 0.3) is 0 Å². The molecule has 0 saturated heterocycles. The average Bonchev–Trinajstić information content (AvgIpc) is 2.65. The third-order valence-corrected chi connectivity index (χ3v) is 4.36. The molecule has 0 heterocycles. The molecule has 0 aliphatic rings. The van der Waals surface area contributed by atoms with E-state index in [4.69, 9.17) is 16.2 Å². The van der Waals surface area contributed by atoms with Crippen LogP contribution in [0.4, 0.5) is 0 Å². The molecular weight excluding hydrogens is 296 g/mol. The van der Waals surface area contributed by atoms with Crippen LogP contribution in [0.1, 0.15) is 24.0 Å². The molecule has 130 valence electrons. The number of rotatable bonds is 11. The predicted molar refractivity (Wildman–Crippen MR) is 101 cm³/mol. The first-order chi connectivity index (χ1) is 11.8. The van der Waals surface area contributed by atoms with Crippen LogP contribution in [0, 0.1) is 5.92 Å². The van der Waals surface area contributed by atoms with Gasteiger partial charge < -0.3 is 16.2 Å². The van der Waals surface area contributed by atoms with Gasteiger partial charge in [0.05, 0.1) is 6.61 Å². The van der Waals surface area contributed by atoms with Gasteiger partial charge in [0.2, 0.25) is 0 Å². The molecule has 1 atom stereocenters. The molecule has 2 aromatic rings. The maximum absolute atomic E-state index is 5.84. The van der Waals surface area contributed by atoms with E-state index in [2.05, 4.69) is 60.7 Å². The van der Waals surface area contributed by atoms with Gasteiger partial charge in [-0.3, -0.25) is 0 Å². The highest BCUT2D eigenvalue weighted by molar-refractivity contribution is 5.15. The smallest absolute Gasteiger partial charge is 0.0629 e. The minimum atomic E-state index is -0.0612. The molecule has 0 aliphatic heterocycles. The van der Waals surface area contributed by atoms with E-state index in [1.807, 2.05) is 0 Å². The fourth-order valence-corrected chi connectivity index (χ4v) is 2.80. The summed E-state index contributed by atoms with van der Waals surface area (Å²) in [6, 6.07) is 21.2. The molecule has 4 N–H and O–H groups in total. The largest absolute Gasteiger partial charge is 0.380 e. The Labute approximate surface area is 146 Å². The molecule has 0 spiro atoms. The van der Waals surface area contributed by atoms with Gasteiger partial charge in [-0.2, -0.15) is 0 Å². The van der Waals surface area contributed by atoms with Crippen molar-refractivity contribution in [2.45, 2.75) is 31.7 Å². The molecule has 0 fully saturated rings. The zero-order valence-corrected chi connectivity index (χ0v) is 14.4. The van der Waals surface area contributed by atoms with E-state index >= 15 is 0 Å². The highest BCUT2D eigenvalue weighted by atomic mass is 16.5. The van der Waals surface area contributed by atoms with Crippen LogP contribution in [0.15, 0.2) is 60.7 Å². The number of nitrogens with two attached hydrogens (primary N) is 2. The Morgan fingerprint density at radius 2 is 1.25 bits per heavy atom. The Kier molecular flexibility index (Phi) is 8.53. The lowest BCUT2D eigenvalue weighted by Crippen LogP contribution is -2.35. The monoisotopic (exact) mass is 326 g/mol. The van der Waals surface area contributed by atoms with E-state index in [0.29, 0.717) is 19.1 Å². The summed E-state index contributed by atoms with van der Waals surface area (Å²) >= 11 is 0. The molecule has 2 aromatic carbocycles. The second kappa shape index (κ2) is 11.0. The summed E-state index contributed by atoms with van der Waals surface area (Å²) in [7, 11) is 0. The third-order valence-electron chi connectivity index (χ3n) is 4.36. The van der Waals surface area contributed by atoms with Gasteiger partial charge in [0.1, 0.15) is 0 Å². The molecule has 0 saturated carbocycles. The fourth-order valence-electron chi connectivity index (χ4n) is 2.80. The van der Waals surface area contributed by atoms with Gasteiger partial charge in [0.25, 0.3) is 0 Å². The number of ether oxygens (including phenoxy) is 1. The van der Waals surface area contributed by atoms with Crippen molar-refractivity contribution < 1.29 is 4.74 Å². The van der Waals surface area contributed by atoms with E-state index in [0.717, 1.165) is 32.3 Å². The second-order valence-corrected chi connectivity index (χ2v) is 6.45. The highest BCUT2D eigenvalue weighted by Crippen LogP contribution is 2.17. The van der Waals surface area contributed by atoms with Crippen molar-refractivity contribution in [2.75, 3.05) is 19.8 Å². The van der Waals surface area contributed by atoms with E-state index < -0.39 is 0 Å². The SMILES string of the molecule is NCC(N)COCC(CCc1ccccc1)CCc1ccccc1. The van der Waals surface area contributed by atoms with E-state index in [1.165, 1.54) is 11.1 Å². The number of hydrogen-bond acceptors (Lipinski definition) is 3. The van der Waals surface area contributed by atoms with Gasteiger partial charge in [-0.1, -0.05) is 60.7 Å². The van der Waals surface area contributed by atoms with Crippen LogP contribution < -0.4 is 11.5 Å². The van der Waals surface area contributed by atoms with Gasteiger partial charge in [-0.25, -0.2) is 0 Å². The lowest BCUT2D eigenvalue weighted by atomic mass is 9.94. The summed E-state index contributed by atoms with van der Waals surface area (Å²) in [4.78, 5) is 0. The topological polar surface area (TPSA) is 61.3 Å². The number of aryl methyl sites for hydroxylation is 2. The normalized spacial score (nSPS) is 12.5. The van der Waals surface area contributed by atoms with Crippen molar-refractivity contribution in [3.63, 3.8) is 0 Å². The Balaban J connectivity index is 1.82. The van der Waals surface area contributed by atoms with Crippen LogP contribution in [0.5, 0.6) is 0 Å². The van der Waals surface area contributed by atoms with Gasteiger partial charge in [-0.05, 0) is 42.7 Å². The van der Waals surface area contributed by atoms with Crippen molar-refractivity contribution in [1.29, 1.82) is 0 Å². The Morgan fingerprint density at radius 3 is 1.71 bits per heavy atom. The molecule has 1 unspecified atom stereocenters. The predicted octanol–water partition coefficient (Wildman–Crippen LogP) is 3.17. The Bertz CT molecular complexity index is 501. The van der Waals surface area contributed by atoms with E-state index in [1.54, 1.807) is 0 Å². The summed E-state index contributed by atoms with van der Waals surface area (Å²) in [5.74, 6) is 0.537. The van der Waals surface area contributed by atoms with Crippen molar-refractivity contribution in [3.8, 4) is 0 Å². The average molecular weight is 326 g/mol. The zero-order chi connectivity index (χ0) is 17.0. The fraction of sp³-hybridized carbons (Fsp3) is 0.429. The van der Waals surface area contributed by atoms with Crippen LogP contribution in [-0.2, 0) is 17.6 Å². The molecule has 0 amide bonds. The van der Waals surface area contributed by atoms with E-state index in [-0.39, 0.29) is 6.04 Å². The van der Waals surface area contributed by atoms with Crippen molar-refractivity contribution in [1.82, 2.24) is 0 Å². The van der Waals surface area contributed by atoms with Gasteiger partial charge >= 0.3 is 0 Å². The molecule has 0 bridgehead atoms. The van der Waals surface area contributed by atoms with Gasteiger partial charge in [0, 0.05) is 19.2 Å². The number of benzene rings is 2. The molecule has 3 heteroatoms. The molecule has 0 aliphatic carbocycles. The first-order valence-electron chi connectivity index (χ1n) is 8.89. The minimum absolute atomic E-state index is 0.0612. The van der Waals surface area contributed by atoms with Crippen LogP contribution >= 0.6 is 0 Å². The molecular formula is C21H30N2O. The van der Waals surface area contributed by atoms with Crippen LogP contribution in [0.3, 0.4) is 0 Å². The maximum atomic E-state index is 5.84. The van der Waals surface area contributed by atoms with Crippen LogP contribution in [-0.4, -0.2) is 25.8 Å². The summed E-state index contributed by atoms with van der Waals surface area (Å²) < 4.78 is 5.82. The molecule has 24 heavy (non-hydrogen) atoms. The Hall–Kier alpha value is -1.68. The second-order valence-electron chi connectivity index (χ2n) is 6.45. The summed E-state index contributed by atoms with van der Waals surface area (Å²) in [5.41, 5.74) is 14.2. The first kappa shape index (κ1) is 18.7. The van der Waals surface area contributed by atoms with Crippen molar-refractivity contribution in [2.24, 2.45) is 17.4 Å². The standard InChI is InChI=1S/C21H30N2O/c22-15-21(23)17-24-16-20(13-11-18-7-3-1-4-8-18)14-12-19-9-5-2-6-10-19/h1-10,20-21H,11-17,22-23H2. The molecule has 0 radical (unpaired) electrons. The first-order valence-corrected chi connectivity index (χ1v) is 8.89. The summed E-state index contributed by atoms with van der Waals surface area (Å²) in [6.45, 7) is 1.77. The highest BCUT2D eigenvalue weighted by Gasteiger charge is 2.11. The lowest BCUT2D eigenvalue weighted by Gasteiger charge is -2.19. The summed E-state index contributed by atoms with van der Waals surface area (Å²) in [6.07, 6.45) is 4.45. The minimum Gasteiger partial charge on any atom is -0.380 e. The van der Waals surface area contributed by atoms with Crippen LogP contribution in [0.2, 0.25) is 0 Å². The lowest BCUT2D eigenvalue weighted by molar-refractivity contribution is 0.0844.